The SMILES string of the molecule is Cc1cc(C(=O)Cl)ccc1-c1ccc(C(=O)Cl)cc1C(F)(F)F. The second-order valence-electron chi connectivity index (χ2n) is 4.84. The molecule has 0 atom stereocenters. The lowest BCUT2D eigenvalue weighted by atomic mass is 9.93. The molecule has 0 saturated heterocycles. The lowest BCUT2D eigenvalue weighted by molar-refractivity contribution is -0.137. The number of aryl methyl sites for hydroxylation is 1. The first-order chi connectivity index (χ1) is 10.6. The number of carbonyl (C=O) groups is 2. The number of halogens is 5. The van der Waals surface area contributed by atoms with Crippen LogP contribution in [0.2, 0.25) is 0 Å². The number of alkyl halides is 3. The Kier molecular flexibility index (Phi) is 4.82. The molecule has 0 heterocycles. The van der Waals surface area contributed by atoms with Gasteiger partial charge in [0.15, 0.2) is 0 Å². The first-order valence-electron chi connectivity index (χ1n) is 6.33. The van der Waals surface area contributed by atoms with Gasteiger partial charge in [0, 0.05) is 11.1 Å². The van der Waals surface area contributed by atoms with Gasteiger partial charge < -0.3 is 0 Å². The monoisotopic (exact) mass is 360 g/mol. The molecule has 0 spiro atoms. The summed E-state index contributed by atoms with van der Waals surface area (Å²) in [6.07, 6.45) is -4.66. The third kappa shape index (κ3) is 3.74. The molecule has 2 nitrogen and oxygen atoms in total. The molecule has 2 aromatic carbocycles. The van der Waals surface area contributed by atoms with Gasteiger partial charge in [-0.05, 0) is 71.1 Å². The van der Waals surface area contributed by atoms with Gasteiger partial charge in [0.05, 0.1) is 5.56 Å². The molecular weight excluding hydrogens is 352 g/mol. The maximum absolute atomic E-state index is 13.3. The van der Waals surface area contributed by atoms with Crippen molar-refractivity contribution in [1.29, 1.82) is 0 Å². The summed E-state index contributed by atoms with van der Waals surface area (Å²) in [5, 5.41) is -1.67. The first-order valence-corrected chi connectivity index (χ1v) is 7.09. The molecule has 120 valence electrons. The van der Waals surface area contributed by atoms with E-state index >= 15 is 0 Å². The van der Waals surface area contributed by atoms with Crippen LogP contribution >= 0.6 is 23.2 Å². The van der Waals surface area contributed by atoms with Gasteiger partial charge in [-0.1, -0.05) is 12.1 Å². The minimum Gasteiger partial charge on any atom is -0.276 e. The number of hydrogen-bond acceptors (Lipinski definition) is 2. The van der Waals surface area contributed by atoms with Crippen molar-refractivity contribution >= 4 is 33.7 Å². The van der Waals surface area contributed by atoms with E-state index in [0.717, 1.165) is 0 Å². The molecule has 0 bridgehead atoms. The number of hydrogen-bond donors (Lipinski definition) is 0. The van der Waals surface area contributed by atoms with Gasteiger partial charge >= 0.3 is 6.18 Å². The zero-order valence-corrected chi connectivity index (χ0v) is 13.2. The van der Waals surface area contributed by atoms with Crippen LogP contribution < -0.4 is 0 Å². The molecule has 23 heavy (non-hydrogen) atoms. The molecule has 0 aromatic heterocycles. The van der Waals surface area contributed by atoms with E-state index in [1.807, 2.05) is 0 Å². The summed E-state index contributed by atoms with van der Waals surface area (Å²) >= 11 is 10.6. The minimum absolute atomic E-state index is 0.106. The highest BCUT2D eigenvalue weighted by molar-refractivity contribution is 6.68. The fraction of sp³-hybridized carbons (Fsp3) is 0.125. The van der Waals surface area contributed by atoms with E-state index in [2.05, 4.69) is 0 Å². The van der Waals surface area contributed by atoms with Crippen LogP contribution in [0.25, 0.3) is 11.1 Å². The fourth-order valence-electron chi connectivity index (χ4n) is 2.22. The van der Waals surface area contributed by atoms with E-state index < -0.39 is 22.2 Å². The predicted octanol–water partition coefficient (Wildman–Crippen LogP) is 5.44. The molecule has 0 radical (unpaired) electrons. The van der Waals surface area contributed by atoms with Gasteiger partial charge in [0.1, 0.15) is 0 Å². The van der Waals surface area contributed by atoms with Crippen LogP contribution in [0.1, 0.15) is 31.8 Å². The Morgan fingerprint density at radius 3 is 1.78 bits per heavy atom. The standard InChI is InChI=1S/C16H9Cl2F3O2/c1-8-6-9(14(17)22)2-4-11(8)12-5-3-10(15(18)23)7-13(12)16(19,20)21/h2-7H,1H3. The Labute approximate surface area is 139 Å². The topological polar surface area (TPSA) is 34.1 Å². The highest BCUT2D eigenvalue weighted by Gasteiger charge is 2.34. The summed E-state index contributed by atoms with van der Waals surface area (Å²) in [5.41, 5.74) is -0.399. The number of benzene rings is 2. The van der Waals surface area contributed by atoms with E-state index in [9.17, 15) is 22.8 Å². The van der Waals surface area contributed by atoms with Crippen molar-refractivity contribution in [2.75, 3.05) is 0 Å². The van der Waals surface area contributed by atoms with E-state index in [-0.39, 0.29) is 22.3 Å². The van der Waals surface area contributed by atoms with Crippen LogP contribution in [0.4, 0.5) is 13.2 Å². The van der Waals surface area contributed by atoms with Crippen LogP contribution in [0.3, 0.4) is 0 Å². The molecule has 0 unspecified atom stereocenters. The molecule has 0 aliphatic heterocycles. The Morgan fingerprint density at radius 2 is 1.35 bits per heavy atom. The summed E-state index contributed by atoms with van der Waals surface area (Å²) in [7, 11) is 0. The van der Waals surface area contributed by atoms with Crippen molar-refractivity contribution in [2.45, 2.75) is 13.1 Å². The largest absolute Gasteiger partial charge is 0.417 e. The van der Waals surface area contributed by atoms with Gasteiger partial charge in [0.2, 0.25) is 0 Å². The maximum atomic E-state index is 13.3. The molecule has 0 amide bonds. The first kappa shape index (κ1) is 17.5. The zero-order valence-electron chi connectivity index (χ0n) is 11.7. The van der Waals surface area contributed by atoms with E-state index in [1.165, 1.54) is 30.3 Å². The summed E-state index contributed by atoms with van der Waals surface area (Å²) < 4.78 is 39.9. The quantitative estimate of drug-likeness (QED) is 0.683. The van der Waals surface area contributed by atoms with Crippen LogP contribution in [-0.4, -0.2) is 10.5 Å². The Morgan fingerprint density at radius 1 is 0.870 bits per heavy atom. The predicted molar refractivity (Wildman–Crippen MR) is 82.0 cm³/mol. The minimum atomic E-state index is -4.66. The van der Waals surface area contributed by atoms with Crippen LogP contribution in [-0.2, 0) is 6.18 Å². The highest BCUT2D eigenvalue weighted by atomic mass is 35.5. The van der Waals surface area contributed by atoms with Gasteiger partial charge in [-0.2, -0.15) is 13.2 Å². The third-order valence-electron chi connectivity index (χ3n) is 3.30. The van der Waals surface area contributed by atoms with Crippen molar-refractivity contribution < 1.29 is 22.8 Å². The fourth-order valence-corrected chi connectivity index (χ4v) is 2.46. The highest BCUT2D eigenvalue weighted by Crippen LogP contribution is 2.39. The van der Waals surface area contributed by atoms with Crippen molar-refractivity contribution in [3.63, 3.8) is 0 Å². The van der Waals surface area contributed by atoms with Gasteiger partial charge in [-0.25, -0.2) is 0 Å². The molecule has 0 N–H and O–H groups in total. The second-order valence-corrected chi connectivity index (χ2v) is 5.52. The van der Waals surface area contributed by atoms with Crippen LogP contribution in [0, 0.1) is 6.92 Å². The van der Waals surface area contributed by atoms with E-state index in [1.54, 1.807) is 6.92 Å². The lowest BCUT2D eigenvalue weighted by Crippen LogP contribution is -2.09. The Bertz CT molecular complexity index is 798. The molecule has 0 fully saturated rings. The zero-order chi connectivity index (χ0) is 17.4. The van der Waals surface area contributed by atoms with Crippen molar-refractivity contribution in [3.05, 3.63) is 58.7 Å². The van der Waals surface area contributed by atoms with Gasteiger partial charge in [-0.3, -0.25) is 9.59 Å². The molecule has 0 aliphatic rings. The number of rotatable bonds is 3. The summed E-state index contributed by atoms with van der Waals surface area (Å²) in [5.74, 6) is 0. The lowest BCUT2D eigenvalue weighted by Gasteiger charge is -2.16. The Balaban J connectivity index is 2.68. The second kappa shape index (κ2) is 6.34. The van der Waals surface area contributed by atoms with E-state index in [4.69, 9.17) is 23.2 Å². The molecule has 0 aliphatic carbocycles. The summed E-state index contributed by atoms with van der Waals surface area (Å²) in [4.78, 5) is 22.2. The van der Waals surface area contributed by atoms with Gasteiger partial charge in [-0.15, -0.1) is 0 Å². The van der Waals surface area contributed by atoms with Crippen LogP contribution in [0.5, 0.6) is 0 Å². The smallest absolute Gasteiger partial charge is 0.276 e. The normalized spacial score (nSPS) is 11.4. The average Bonchev–Trinajstić information content (AvgIpc) is 2.45. The molecule has 2 rings (SSSR count). The van der Waals surface area contributed by atoms with Crippen molar-refractivity contribution in [2.24, 2.45) is 0 Å². The molecule has 2 aromatic rings. The van der Waals surface area contributed by atoms with Crippen molar-refractivity contribution in [3.8, 4) is 11.1 Å². The van der Waals surface area contributed by atoms with Gasteiger partial charge in [0.25, 0.3) is 10.5 Å². The van der Waals surface area contributed by atoms with E-state index in [0.29, 0.717) is 11.6 Å². The maximum Gasteiger partial charge on any atom is 0.417 e. The average molecular weight is 361 g/mol. The third-order valence-corrected chi connectivity index (χ3v) is 3.73. The molecule has 0 saturated carbocycles. The summed E-state index contributed by atoms with van der Waals surface area (Å²) in [6, 6.07) is 7.26. The van der Waals surface area contributed by atoms with Crippen molar-refractivity contribution in [1.82, 2.24) is 0 Å². The Hall–Kier alpha value is -1.85. The molecular formula is C16H9Cl2F3O2. The summed E-state index contributed by atoms with van der Waals surface area (Å²) in [6.45, 7) is 1.57. The molecule has 7 heteroatoms. The number of carbonyl (C=O) groups excluding carboxylic acids is 2. The van der Waals surface area contributed by atoms with Crippen LogP contribution in [0.15, 0.2) is 36.4 Å².